The normalized spacial score (nSPS) is 18.8. The number of benzene rings is 4. The van der Waals surface area contributed by atoms with Gasteiger partial charge in [-0.2, -0.15) is 0 Å². The smallest absolute Gasteiger partial charge is 0.399 e. The Morgan fingerprint density at radius 3 is 0.803 bits per heavy atom. The van der Waals surface area contributed by atoms with Crippen LogP contribution in [0.2, 0.25) is 0 Å². The number of rotatable bonds is 31. The molecular formula is C70H104B2O4. The van der Waals surface area contributed by atoms with Crippen molar-refractivity contribution in [1.29, 1.82) is 0 Å². The quantitative estimate of drug-likeness (QED) is 0.0372. The Kier molecular flexibility index (Phi) is 19.8. The van der Waals surface area contributed by atoms with Crippen molar-refractivity contribution in [2.24, 2.45) is 0 Å². The largest absolute Gasteiger partial charge is 0.494 e. The molecule has 2 fully saturated rings. The van der Waals surface area contributed by atoms with Crippen molar-refractivity contribution in [3.05, 3.63) is 95.1 Å². The summed E-state index contributed by atoms with van der Waals surface area (Å²) in [6, 6.07) is 29.9. The summed E-state index contributed by atoms with van der Waals surface area (Å²) in [5.41, 5.74) is 15.1. The van der Waals surface area contributed by atoms with E-state index >= 15 is 0 Å². The molecule has 0 spiro atoms. The van der Waals surface area contributed by atoms with Crippen LogP contribution in [0.1, 0.15) is 285 Å². The van der Waals surface area contributed by atoms with Crippen molar-refractivity contribution in [3.8, 4) is 33.4 Å². The third-order valence-corrected chi connectivity index (χ3v) is 20.0. The summed E-state index contributed by atoms with van der Waals surface area (Å²) >= 11 is 0. The molecule has 0 saturated carbocycles. The molecule has 0 unspecified atom stereocenters. The lowest BCUT2D eigenvalue weighted by molar-refractivity contribution is 0.00578. The molecule has 0 atom stereocenters. The SMILES string of the molecule is CCCCCCCCC1(CCCCCCCC)c2cc(B3OC(C)(C)C(C)(C)O3)ccc2-c2ccc(-c3ccc4c(c3)C(CCCCCCCC)(CCCCCCCC)c3cc(B5OC(C)(C)C(C)(C)O5)ccc3-4)cc21. The lowest BCUT2D eigenvalue weighted by Gasteiger charge is -2.34. The number of fused-ring (bicyclic) bond motifs is 6. The number of unbranched alkanes of at least 4 members (excludes halogenated alkanes) is 20. The van der Waals surface area contributed by atoms with Gasteiger partial charge in [-0.15, -0.1) is 0 Å². The fraction of sp³-hybridized carbons (Fsp3) is 0.657. The van der Waals surface area contributed by atoms with Crippen LogP contribution in [-0.4, -0.2) is 36.6 Å². The second kappa shape index (κ2) is 25.5. The van der Waals surface area contributed by atoms with Crippen LogP contribution in [-0.2, 0) is 29.4 Å². The van der Waals surface area contributed by atoms with Crippen LogP contribution in [0, 0.1) is 0 Å². The van der Waals surface area contributed by atoms with Gasteiger partial charge in [-0.25, -0.2) is 0 Å². The summed E-state index contributed by atoms with van der Waals surface area (Å²) in [6.45, 7) is 26.8. The van der Waals surface area contributed by atoms with E-state index in [0.29, 0.717) is 0 Å². The van der Waals surface area contributed by atoms with Gasteiger partial charge in [0.05, 0.1) is 22.4 Å². The van der Waals surface area contributed by atoms with Gasteiger partial charge in [0, 0.05) is 10.8 Å². The van der Waals surface area contributed by atoms with E-state index in [1.807, 2.05) is 0 Å². The summed E-state index contributed by atoms with van der Waals surface area (Å²) in [7, 11) is -0.765. The molecule has 0 radical (unpaired) electrons. The highest BCUT2D eigenvalue weighted by Crippen LogP contribution is 2.58. The second-order valence-electron chi connectivity index (χ2n) is 26.5. The van der Waals surface area contributed by atoms with Crippen molar-refractivity contribution in [3.63, 3.8) is 0 Å². The minimum atomic E-state index is -0.393. The van der Waals surface area contributed by atoms with Crippen LogP contribution >= 0.6 is 0 Å². The highest BCUT2D eigenvalue weighted by atomic mass is 16.7. The maximum atomic E-state index is 6.79. The van der Waals surface area contributed by atoms with Gasteiger partial charge >= 0.3 is 14.2 Å². The van der Waals surface area contributed by atoms with Crippen LogP contribution in [0.25, 0.3) is 33.4 Å². The number of hydrogen-bond donors (Lipinski definition) is 0. The molecule has 4 nitrogen and oxygen atoms in total. The molecule has 76 heavy (non-hydrogen) atoms. The highest BCUT2D eigenvalue weighted by molar-refractivity contribution is 6.62. The summed E-state index contributed by atoms with van der Waals surface area (Å²) in [4.78, 5) is 0. The molecule has 4 aromatic carbocycles. The van der Waals surface area contributed by atoms with E-state index in [2.05, 4.69) is 156 Å². The summed E-state index contributed by atoms with van der Waals surface area (Å²) in [5.74, 6) is 0. The van der Waals surface area contributed by atoms with E-state index in [9.17, 15) is 0 Å². The van der Waals surface area contributed by atoms with Crippen molar-refractivity contribution in [2.75, 3.05) is 0 Å². The van der Waals surface area contributed by atoms with Crippen LogP contribution < -0.4 is 10.9 Å². The molecule has 8 rings (SSSR count). The molecule has 4 aliphatic rings. The van der Waals surface area contributed by atoms with Gasteiger partial charge in [-0.1, -0.05) is 242 Å². The molecule has 0 amide bonds. The summed E-state index contributed by atoms with van der Waals surface area (Å²) in [6.07, 6.45) is 36.0. The molecule has 0 N–H and O–H groups in total. The van der Waals surface area contributed by atoms with Crippen molar-refractivity contribution >= 4 is 25.2 Å². The van der Waals surface area contributed by atoms with E-state index in [0.717, 1.165) is 10.9 Å². The topological polar surface area (TPSA) is 36.9 Å². The first-order chi connectivity index (χ1) is 36.5. The Balaban J connectivity index is 1.23. The molecule has 2 aliphatic heterocycles. The van der Waals surface area contributed by atoms with Gasteiger partial charge in [0.15, 0.2) is 0 Å². The molecule has 4 aromatic rings. The average Bonchev–Trinajstić information content (AvgIpc) is 4.02. The third-order valence-electron chi connectivity index (χ3n) is 20.0. The van der Waals surface area contributed by atoms with Crippen LogP contribution in [0.15, 0.2) is 72.8 Å². The second-order valence-corrected chi connectivity index (χ2v) is 26.5. The van der Waals surface area contributed by atoms with Crippen LogP contribution in [0.4, 0.5) is 0 Å². The monoisotopic (exact) mass is 1030 g/mol. The van der Waals surface area contributed by atoms with Gasteiger partial charge in [0.2, 0.25) is 0 Å². The Hall–Kier alpha value is -3.15. The van der Waals surface area contributed by atoms with Crippen molar-refractivity contribution < 1.29 is 18.6 Å². The van der Waals surface area contributed by atoms with E-state index in [4.69, 9.17) is 18.6 Å². The predicted octanol–water partition coefficient (Wildman–Crippen LogP) is 19.5. The Morgan fingerprint density at radius 1 is 0.289 bits per heavy atom. The van der Waals surface area contributed by atoms with Crippen molar-refractivity contribution in [2.45, 2.75) is 296 Å². The molecule has 0 aromatic heterocycles. The van der Waals surface area contributed by atoms with Gasteiger partial charge in [-0.05, 0) is 160 Å². The highest BCUT2D eigenvalue weighted by Gasteiger charge is 2.54. The molecule has 6 heteroatoms. The average molecular weight is 1030 g/mol. The third kappa shape index (κ3) is 12.4. The van der Waals surface area contributed by atoms with Gasteiger partial charge in [0.25, 0.3) is 0 Å². The van der Waals surface area contributed by atoms with Gasteiger partial charge in [0.1, 0.15) is 0 Å². The van der Waals surface area contributed by atoms with Gasteiger partial charge in [-0.3, -0.25) is 0 Å². The zero-order valence-corrected chi connectivity index (χ0v) is 50.5. The Morgan fingerprint density at radius 2 is 0.526 bits per heavy atom. The molecular weight excluding hydrogens is 926 g/mol. The van der Waals surface area contributed by atoms with Crippen LogP contribution in [0.5, 0.6) is 0 Å². The minimum Gasteiger partial charge on any atom is -0.399 e. The van der Waals surface area contributed by atoms with Crippen molar-refractivity contribution in [1.82, 2.24) is 0 Å². The van der Waals surface area contributed by atoms with E-state index in [-0.39, 0.29) is 25.1 Å². The summed E-state index contributed by atoms with van der Waals surface area (Å²) < 4.78 is 27.1. The first kappa shape index (κ1) is 59.0. The predicted molar refractivity (Wildman–Crippen MR) is 328 cm³/mol. The zero-order chi connectivity index (χ0) is 54.2. The molecule has 2 heterocycles. The summed E-state index contributed by atoms with van der Waals surface area (Å²) in [5, 5.41) is 0. The van der Waals surface area contributed by atoms with E-state index < -0.39 is 22.4 Å². The lowest BCUT2D eigenvalue weighted by Crippen LogP contribution is -2.41. The maximum absolute atomic E-state index is 6.79. The fourth-order valence-electron chi connectivity index (χ4n) is 13.8. The number of hydrogen-bond acceptors (Lipinski definition) is 4. The standard InChI is InChI=1S/C70H104B2O4/c1-13-17-21-25-29-33-45-69(46-34-30-26-22-18-14-2)61-49-53(37-41-57(61)59-43-39-55(51-63(59)69)71-73-65(5,6)66(7,8)74-71)54-38-42-58-60-44-40-56(72-75-67(9,10)68(11,12)76-72)52-64(60)70(62(58)50-54,47-35-31-27-23-19-15-3)48-36-32-28-24-20-16-4/h37-44,49-52H,13-36,45-48H2,1-12H3. The molecule has 414 valence electrons. The Labute approximate surface area is 466 Å². The Bertz CT molecular complexity index is 2280. The molecule has 2 saturated heterocycles. The minimum absolute atomic E-state index is 0.0774. The molecule has 0 bridgehead atoms. The first-order valence-electron chi connectivity index (χ1n) is 31.8. The zero-order valence-electron chi connectivity index (χ0n) is 50.5. The lowest BCUT2D eigenvalue weighted by atomic mass is 9.68. The van der Waals surface area contributed by atoms with E-state index in [1.165, 1.54) is 224 Å². The van der Waals surface area contributed by atoms with Gasteiger partial charge < -0.3 is 18.6 Å². The van der Waals surface area contributed by atoms with E-state index in [1.54, 1.807) is 11.1 Å². The maximum Gasteiger partial charge on any atom is 0.494 e. The molecule has 2 aliphatic carbocycles. The fourth-order valence-corrected chi connectivity index (χ4v) is 13.8. The van der Waals surface area contributed by atoms with Crippen LogP contribution in [0.3, 0.4) is 0 Å². The first-order valence-corrected chi connectivity index (χ1v) is 31.8.